The predicted octanol–water partition coefficient (Wildman–Crippen LogP) is 4.15. The summed E-state index contributed by atoms with van der Waals surface area (Å²) in [4.78, 5) is 11.8. The highest BCUT2D eigenvalue weighted by Crippen LogP contribution is 2.28. The zero-order valence-corrected chi connectivity index (χ0v) is 11.8. The standard InChI is InChI=1S/C12H7Br2N3/c13-8-3-1-2-7(4-8)9-5-15-12-11(9)17-10(14)6-16-12/h1-6H,(H,15,16). The molecule has 5 heteroatoms. The number of rotatable bonds is 1. The van der Waals surface area contributed by atoms with Crippen LogP contribution in [-0.4, -0.2) is 15.0 Å². The first-order chi connectivity index (χ1) is 8.24. The van der Waals surface area contributed by atoms with Crippen LogP contribution < -0.4 is 0 Å². The van der Waals surface area contributed by atoms with Crippen LogP contribution in [0.1, 0.15) is 0 Å². The second-order valence-electron chi connectivity index (χ2n) is 3.60. The van der Waals surface area contributed by atoms with E-state index in [1.165, 1.54) is 0 Å². The Balaban J connectivity index is 2.27. The molecular formula is C12H7Br2N3. The van der Waals surface area contributed by atoms with Crippen LogP contribution in [0.25, 0.3) is 22.3 Å². The lowest BCUT2D eigenvalue weighted by molar-refractivity contribution is 1.23. The summed E-state index contributed by atoms with van der Waals surface area (Å²) in [6.07, 6.45) is 3.61. The van der Waals surface area contributed by atoms with Crippen molar-refractivity contribution in [3.05, 3.63) is 45.7 Å². The van der Waals surface area contributed by atoms with Crippen molar-refractivity contribution in [1.29, 1.82) is 0 Å². The molecule has 3 rings (SSSR count). The van der Waals surface area contributed by atoms with Crippen LogP contribution in [0.5, 0.6) is 0 Å². The average molecular weight is 353 g/mol. The molecular weight excluding hydrogens is 346 g/mol. The third-order valence-corrected chi connectivity index (χ3v) is 3.36. The lowest BCUT2D eigenvalue weighted by atomic mass is 10.1. The van der Waals surface area contributed by atoms with Gasteiger partial charge in [0.05, 0.1) is 6.20 Å². The largest absolute Gasteiger partial charge is 0.344 e. The van der Waals surface area contributed by atoms with E-state index in [2.05, 4.69) is 58.9 Å². The van der Waals surface area contributed by atoms with Crippen molar-refractivity contribution in [2.24, 2.45) is 0 Å². The minimum Gasteiger partial charge on any atom is -0.344 e. The van der Waals surface area contributed by atoms with Gasteiger partial charge in [-0.25, -0.2) is 9.97 Å². The van der Waals surface area contributed by atoms with Gasteiger partial charge in [0.2, 0.25) is 0 Å². The van der Waals surface area contributed by atoms with Gasteiger partial charge in [0.15, 0.2) is 5.65 Å². The van der Waals surface area contributed by atoms with Crippen LogP contribution in [0.2, 0.25) is 0 Å². The third-order valence-electron chi connectivity index (χ3n) is 2.49. The molecule has 3 aromatic rings. The van der Waals surface area contributed by atoms with Crippen LogP contribution in [0.3, 0.4) is 0 Å². The van der Waals surface area contributed by atoms with E-state index in [9.17, 15) is 0 Å². The summed E-state index contributed by atoms with van der Waals surface area (Å²) in [6.45, 7) is 0. The number of benzene rings is 1. The van der Waals surface area contributed by atoms with Crippen molar-refractivity contribution >= 4 is 43.0 Å². The van der Waals surface area contributed by atoms with Gasteiger partial charge in [-0.3, -0.25) is 0 Å². The highest BCUT2D eigenvalue weighted by atomic mass is 79.9. The molecule has 1 N–H and O–H groups in total. The monoisotopic (exact) mass is 351 g/mol. The maximum atomic E-state index is 4.45. The molecule has 0 spiro atoms. The summed E-state index contributed by atoms with van der Waals surface area (Å²) >= 11 is 6.81. The fourth-order valence-corrected chi connectivity index (χ4v) is 2.42. The molecule has 0 saturated heterocycles. The average Bonchev–Trinajstić information content (AvgIpc) is 2.71. The van der Waals surface area contributed by atoms with Crippen molar-refractivity contribution in [2.75, 3.05) is 0 Å². The minimum absolute atomic E-state index is 0.737. The van der Waals surface area contributed by atoms with Gasteiger partial charge < -0.3 is 4.98 Å². The molecule has 0 fully saturated rings. The summed E-state index contributed by atoms with van der Waals surface area (Å²) < 4.78 is 1.79. The maximum absolute atomic E-state index is 4.45. The first-order valence-electron chi connectivity index (χ1n) is 4.99. The van der Waals surface area contributed by atoms with Gasteiger partial charge in [-0.1, -0.05) is 28.1 Å². The third kappa shape index (κ3) is 2.00. The number of aromatic amines is 1. The summed E-state index contributed by atoms with van der Waals surface area (Å²) in [5, 5.41) is 0. The molecule has 0 aliphatic heterocycles. The Hall–Kier alpha value is -1.20. The molecule has 0 unspecified atom stereocenters. The predicted molar refractivity (Wildman–Crippen MR) is 74.7 cm³/mol. The fourth-order valence-electron chi connectivity index (χ4n) is 1.75. The molecule has 0 aliphatic carbocycles. The number of hydrogen-bond acceptors (Lipinski definition) is 2. The molecule has 84 valence electrons. The van der Waals surface area contributed by atoms with Crippen molar-refractivity contribution in [3.8, 4) is 11.1 Å². The topological polar surface area (TPSA) is 41.6 Å². The van der Waals surface area contributed by atoms with Crippen LogP contribution in [0.4, 0.5) is 0 Å². The summed E-state index contributed by atoms with van der Waals surface area (Å²) in [7, 11) is 0. The smallest absolute Gasteiger partial charge is 0.156 e. The molecule has 2 aromatic heterocycles. The van der Waals surface area contributed by atoms with Crippen molar-refractivity contribution < 1.29 is 0 Å². The number of hydrogen-bond donors (Lipinski definition) is 1. The van der Waals surface area contributed by atoms with Crippen molar-refractivity contribution in [3.63, 3.8) is 0 Å². The normalized spacial score (nSPS) is 10.9. The first-order valence-corrected chi connectivity index (χ1v) is 6.58. The molecule has 0 saturated carbocycles. The molecule has 3 nitrogen and oxygen atoms in total. The van der Waals surface area contributed by atoms with Gasteiger partial charge in [-0.15, -0.1) is 0 Å². The van der Waals surface area contributed by atoms with E-state index in [4.69, 9.17) is 0 Å². The van der Waals surface area contributed by atoms with Crippen molar-refractivity contribution in [1.82, 2.24) is 15.0 Å². The highest BCUT2D eigenvalue weighted by molar-refractivity contribution is 9.10. The molecule has 0 amide bonds. The van der Waals surface area contributed by atoms with E-state index in [1.54, 1.807) is 6.20 Å². The number of nitrogens with zero attached hydrogens (tertiary/aromatic N) is 2. The van der Waals surface area contributed by atoms with Gasteiger partial charge in [0, 0.05) is 16.2 Å². The number of aromatic nitrogens is 3. The van der Waals surface area contributed by atoms with E-state index >= 15 is 0 Å². The Kier molecular flexibility index (Phi) is 2.72. The van der Waals surface area contributed by atoms with Gasteiger partial charge in [-0.2, -0.15) is 0 Å². The SMILES string of the molecule is Brc1cccc(-c2c[nH]c3ncc(Br)nc23)c1. The molecule has 0 radical (unpaired) electrons. The second-order valence-corrected chi connectivity index (χ2v) is 5.33. The van der Waals surface area contributed by atoms with E-state index < -0.39 is 0 Å². The molecule has 0 aliphatic rings. The molecule has 0 atom stereocenters. The number of fused-ring (bicyclic) bond motifs is 1. The van der Waals surface area contributed by atoms with Gasteiger partial charge in [-0.05, 0) is 33.6 Å². The maximum Gasteiger partial charge on any atom is 0.156 e. The highest BCUT2D eigenvalue weighted by Gasteiger charge is 2.09. The number of halogens is 2. The first kappa shape index (κ1) is 10.9. The van der Waals surface area contributed by atoms with Crippen molar-refractivity contribution in [2.45, 2.75) is 0 Å². The molecule has 1 aromatic carbocycles. The Morgan fingerprint density at radius 2 is 2.06 bits per heavy atom. The Morgan fingerprint density at radius 3 is 2.88 bits per heavy atom. The zero-order valence-electron chi connectivity index (χ0n) is 8.61. The summed E-state index contributed by atoms with van der Waals surface area (Å²) in [6, 6.07) is 8.12. The van der Waals surface area contributed by atoms with Gasteiger partial charge in [0.25, 0.3) is 0 Å². The summed E-state index contributed by atoms with van der Waals surface area (Å²) in [5.74, 6) is 0. The quantitative estimate of drug-likeness (QED) is 0.714. The second kappa shape index (κ2) is 4.23. The lowest BCUT2D eigenvalue weighted by Crippen LogP contribution is -1.83. The number of nitrogens with one attached hydrogen (secondary N) is 1. The molecule has 2 heterocycles. The Labute approximate surface area is 115 Å². The number of H-pyrrole nitrogens is 1. The van der Waals surface area contributed by atoms with E-state index in [-0.39, 0.29) is 0 Å². The van der Waals surface area contributed by atoms with E-state index in [0.717, 1.165) is 31.4 Å². The van der Waals surface area contributed by atoms with Gasteiger partial charge in [0.1, 0.15) is 10.1 Å². The fraction of sp³-hybridized carbons (Fsp3) is 0. The Bertz CT molecular complexity index is 691. The van der Waals surface area contributed by atoms with Gasteiger partial charge >= 0.3 is 0 Å². The molecule has 17 heavy (non-hydrogen) atoms. The Morgan fingerprint density at radius 1 is 1.18 bits per heavy atom. The van der Waals surface area contributed by atoms with Crippen LogP contribution in [0, 0.1) is 0 Å². The van der Waals surface area contributed by atoms with Crippen LogP contribution in [-0.2, 0) is 0 Å². The lowest BCUT2D eigenvalue weighted by Gasteiger charge is -1.99. The minimum atomic E-state index is 0.737. The summed E-state index contributed by atoms with van der Waals surface area (Å²) in [5.41, 5.74) is 3.83. The van der Waals surface area contributed by atoms with E-state index in [1.807, 2.05) is 18.3 Å². The van der Waals surface area contributed by atoms with Crippen LogP contribution in [0.15, 0.2) is 45.7 Å². The zero-order chi connectivity index (χ0) is 11.8. The van der Waals surface area contributed by atoms with Crippen LogP contribution >= 0.6 is 31.9 Å². The molecule has 0 bridgehead atoms. The van der Waals surface area contributed by atoms with E-state index in [0.29, 0.717) is 0 Å².